The molecule has 2 atom stereocenters. The molecule has 0 aromatic rings. The number of nitrogens with one attached hydrogen (secondary N) is 1. The first kappa shape index (κ1) is 65.8. The first-order valence-corrected chi connectivity index (χ1v) is 29.9. The number of hydrogen-bond acceptors (Lipinski definition) is 5. The minimum atomic E-state index is -0.847. The highest BCUT2D eigenvalue weighted by atomic mass is 16.5. The Hall–Kier alpha value is -2.18. The van der Waals surface area contributed by atoms with Crippen molar-refractivity contribution in [1.82, 2.24) is 5.32 Å². The maximum absolute atomic E-state index is 12.4. The number of carbonyl (C=O) groups is 2. The van der Waals surface area contributed by atoms with E-state index in [4.69, 9.17) is 4.74 Å². The van der Waals surface area contributed by atoms with Crippen LogP contribution in [0.2, 0.25) is 0 Å². The highest BCUT2D eigenvalue weighted by Crippen LogP contribution is 2.16. The fourth-order valence-electron chi connectivity index (χ4n) is 8.95. The molecule has 6 nitrogen and oxygen atoms in total. The maximum atomic E-state index is 12.4. The number of aliphatic hydroxyl groups is 2. The van der Waals surface area contributed by atoms with E-state index in [1.54, 1.807) is 6.08 Å². The summed E-state index contributed by atoms with van der Waals surface area (Å²) >= 11 is 0. The summed E-state index contributed by atoms with van der Waals surface area (Å²) in [5, 5.41) is 23.0. The lowest BCUT2D eigenvalue weighted by Gasteiger charge is -2.20. The Morgan fingerprint density at radius 1 is 0.412 bits per heavy atom. The van der Waals surface area contributed by atoms with Crippen LogP contribution in [0.25, 0.3) is 0 Å². The van der Waals surface area contributed by atoms with Crippen LogP contribution in [0, 0.1) is 0 Å². The molecule has 0 heterocycles. The molecule has 0 aliphatic heterocycles. The van der Waals surface area contributed by atoms with Crippen molar-refractivity contribution >= 4 is 11.9 Å². The molecule has 68 heavy (non-hydrogen) atoms. The molecule has 0 rings (SSSR count). The van der Waals surface area contributed by atoms with E-state index < -0.39 is 12.1 Å². The summed E-state index contributed by atoms with van der Waals surface area (Å²) in [5.74, 6) is -0.0760. The SMILES string of the molecule is CCCCCCCCC/C=C\CCCCCCCC(=O)OCCCCCCCCCCC/C=C\C/C=C\CCCCCCCCCCCC(=O)NC(CO)C(O)/C=C/CCCCCCCCCC. The molecule has 3 N–H and O–H groups in total. The Morgan fingerprint density at radius 2 is 0.735 bits per heavy atom. The molecule has 398 valence electrons. The van der Waals surface area contributed by atoms with Crippen molar-refractivity contribution in [3.8, 4) is 0 Å². The van der Waals surface area contributed by atoms with Crippen LogP contribution in [-0.2, 0) is 14.3 Å². The second-order valence-electron chi connectivity index (χ2n) is 20.3. The Morgan fingerprint density at radius 3 is 1.13 bits per heavy atom. The highest BCUT2D eigenvalue weighted by molar-refractivity contribution is 5.76. The van der Waals surface area contributed by atoms with Crippen molar-refractivity contribution in [1.29, 1.82) is 0 Å². The monoisotopic (exact) mass is 954 g/mol. The van der Waals surface area contributed by atoms with Gasteiger partial charge >= 0.3 is 5.97 Å². The number of esters is 1. The maximum Gasteiger partial charge on any atom is 0.305 e. The predicted molar refractivity (Wildman–Crippen MR) is 296 cm³/mol. The molecule has 0 fully saturated rings. The van der Waals surface area contributed by atoms with E-state index >= 15 is 0 Å². The van der Waals surface area contributed by atoms with E-state index in [0.29, 0.717) is 19.4 Å². The van der Waals surface area contributed by atoms with Crippen molar-refractivity contribution in [2.75, 3.05) is 13.2 Å². The molecule has 2 unspecified atom stereocenters. The molecule has 0 aromatic carbocycles. The quantitative estimate of drug-likeness (QED) is 0.0321. The van der Waals surface area contributed by atoms with Gasteiger partial charge in [-0.25, -0.2) is 0 Å². The average molecular weight is 955 g/mol. The van der Waals surface area contributed by atoms with Gasteiger partial charge < -0.3 is 20.3 Å². The molecule has 0 radical (unpaired) electrons. The Labute approximate surface area is 423 Å². The number of carbonyl (C=O) groups excluding carboxylic acids is 2. The lowest BCUT2D eigenvalue weighted by Crippen LogP contribution is -2.45. The van der Waals surface area contributed by atoms with Crippen LogP contribution in [0.1, 0.15) is 309 Å². The van der Waals surface area contributed by atoms with Gasteiger partial charge in [-0.1, -0.05) is 255 Å². The highest BCUT2D eigenvalue weighted by Gasteiger charge is 2.18. The van der Waals surface area contributed by atoms with Crippen LogP contribution in [-0.4, -0.2) is 47.4 Å². The minimum absolute atomic E-state index is 0.000608. The lowest BCUT2D eigenvalue weighted by molar-refractivity contribution is -0.143. The van der Waals surface area contributed by atoms with Gasteiger partial charge in [0.25, 0.3) is 0 Å². The van der Waals surface area contributed by atoms with Crippen molar-refractivity contribution < 1.29 is 24.5 Å². The van der Waals surface area contributed by atoms with E-state index in [0.717, 1.165) is 51.4 Å². The van der Waals surface area contributed by atoms with Gasteiger partial charge in [-0.15, -0.1) is 0 Å². The van der Waals surface area contributed by atoms with Crippen LogP contribution >= 0.6 is 0 Å². The fourth-order valence-corrected chi connectivity index (χ4v) is 8.95. The second kappa shape index (κ2) is 57.4. The smallest absolute Gasteiger partial charge is 0.305 e. The fraction of sp³-hybridized carbons (Fsp3) is 0.839. The van der Waals surface area contributed by atoms with Crippen LogP contribution in [0.15, 0.2) is 48.6 Å². The number of allylic oxidation sites excluding steroid dienone is 7. The molecular formula is C62H115NO5. The van der Waals surface area contributed by atoms with Crippen molar-refractivity contribution in [3.05, 3.63) is 48.6 Å². The molecule has 0 saturated heterocycles. The van der Waals surface area contributed by atoms with Crippen LogP contribution < -0.4 is 5.32 Å². The molecular weight excluding hydrogens is 839 g/mol. The summed E-state index contributed by atoms with van der Waals surface area (Å²) in [6.07, 6.45) is 72.9. The average Bonchev–Trinajstić information content (AvgIpc) is 3.34. The summed E-state index contributed by atoms with van der Waals surface area (Å²) in [6, 6.07) is -0.631. The third kappa shape index (κ3) is 53.2. The van der Waals surface area contributed by atoms with Gasteiger partial charge in [-0.05, 0) is 89.9 Å². The summed E-state index contributed by atoms with van der Waals surface area (Å²) in [5.41, 5.74) is 0. The van der Waals surface area contributed by atoms with Crippen LogP contribution in [0.3, 0.4) is 0 Å². The third-order valence-corrected chi connectivity index (χ3v) is 13.6. The summed E-state index contributed by atoms with van der Waals surface area (Å²) in [4.78, 5) is 24.5. The predicted octanol–water partition coefficient (Wildman–Crippen LogP) is 18.6. The Kier molecular flexibility index (Phi) is 55.6. The van der Waals surface area contributed by atoms with Crippen LogP contribution in [0.5, 0.6) is 0 Å². The number of ether oxygens (including phenoxy) is 1. The van der Waals surface area contributed by atoms with E-state index in [9.17, 15) is 19.8 Å². The van der Waals surface area contributed by atoms with Gasteiger partial charge in [0.1, 0.15) is 0 Å². The zero-order valence-corrected chi connectivity index (χ0v) is 45.3. The normalized spacial score (nSPS) is 12.9. The Balaban J connectivity index is 3.43. The van der Waals surface area contributed by atoms with Crippen molar-refractivity contribution in [3.63, 3.8) is 0 Å². The molecule has 0 aliphatic rings. The molecule has 0 aliphatic carbocycles. The number of aliphatic hydroxyl groups excluding tert-OH is 2. The van der Waals surface area contributed by atoms with Gasteiger partial charge in [0.2, 0.25) is 5.91 Å². The van der Waals surface area contributed by atoms with Gasteiger partial charge in [-0.3, -0.25) is 9.59 Å². The minimum Gasteiger partial charge on any atom is -0.466 e. The van der Waals surface area contributed by atoms with Gasteiger partial charge in [0.05, 0.1) is 25.4 Å². The Bertz CT molecular complexity index is 1150. The second-order valence-corrected chi connectivity index (χ2v) is 20.3. The van der Waals surface area contributed by atoms with Crippen molar-refractivity contribution in [2.24, 2.45) is 0 Å². The van der Waals surface area contributed by atoms with E-state index in [-0.39, 0.29) is 18.5 Å². The first-order valence-electron chi connectivity index (χ1n) is 29.9. The van der Waals surface area contributed by atoms with E-state index in [2.05, 4.69) is 55.6 Å². The molecule has 6 heteroatoms. The zero-order chi connectivity index (χ0) is 49.3. The van der Waals surface area contributed by atoms with E-state index in [1.165, 1.54) is 231 Å². The van der Waals surface area contributed by atoms with Gasteiger partial charge in [0, 0.05) is 12.8 Å². The largest absolute Gasteiger partial charge is 0.466 e. The van der Waals surface area contributed by atoms with E-state index in [1.807, 2.05) is 6.08 Å². The number of amides is 1. The van der Waals surface area contributed by atoms with Gasteiger partial charge in [-0.2, -0.15) is 0 Å². The summed E-state index contributed by atoms with van der Waals surface area (Å²) in [6.45, 7) is 4.87. The number of unbranched alkanes of at least 4 members (excludes halogenated alkanes) is 38. The van der Waals surface area contributed by atoms with Crippen molar-refractivity contribution in [2.45, 2.75) is 321 Å². The molecule has 0 saturated carbocycles. The molecule has 0 spiro atoms. The van der Waals surface area contributed by atoms with Crippen LogP contribution in [0.4, 0.5) is 0 Å². The third-order valence-electron chi connectivity index (χ3n) is 13.6. The molecule has 0 bridgehead atoms. The number of rotatable bonds is 55. The first-order chi connectivity index (χ1) is 33.5. The molecule has 0 aromatic heterocycles. The molecule has 1 amide bonds. The standard InChI is InChI=1S/C62H115NO5/c1-3-5-7-9-11-13-15-16-17-30-33-36-40-44-48-52-56-62(67)68-57-53-49-45-41-37-34-31-28-26-24-22-20-18-19-21-23-25-27-29-32-35-39-43-47-51-55-61(66)63-59(58-64)60(65)54-50-46-42-38-14-12-10-8-6-4-2/h17,19-22,30,50,54,59-60,64-65H,3-16,18,23-29,31-49,51-53,55-58H2,1-2H3,(H,63,66)/b21-19-,22-20-,30-17-,54-50+. The number of hydrogen-bond donors (Lipinski definition) is 3. The lowest BCUT2D eigenvalue weighted by atomic mass is 10.0. The van der Waals surface area contributed by atoms with Gasteiger partial charge in [0.15, 0.2) is 0 Å². The summed E-state index contributed by atoms with van der Waals surface area (Å²) < 4.78 is 5.48. The topological polar surface area (TPSA) is 95.9 Å². The zero-order valence-electron chi connectivity index (χ0n) is 45.3. The summed E-state index contributed by atoms with van der Waals surface area (Å²) in [7, 11) is 0.